The molecule has 0 fully saturated rings. The summed E-state index contributed by atoms with van der Waals surface area (Å²) >= 11 is 0. The third-order valence-electron chi connectivity index (χ3n) is 2.26. The quantitative estimate of drug-likeness (QED) is 0.324. The lowest BCUT2D eigenvalue weighted by Crippen LogP contribution is -2.41. The van der Waals surface area contributed by atoms with Gasteiger partial charge in [-0.05, 0) is 20.6 Å². The molecule has 0 bridgehead atoms. The van der Waals surface area contributed by atoms with Gasteiger partial charge in [0.1, 0.15) is 0 Å². The van der Waals surface area contributed by atoms with Crippen molar-refractivity contribution in [1.82, 2.24) is 0 Å². The Morgan fingerprint density at radius 3 is 1.85 bits per heavy atom. The van der Waals surface area contributed by atoms with Gasteiger partial charge in [0.25, 0.3) is 0 Å². The zero-order chi connectivity index (χ0) is 15.9. The first-order valence-corrected chi connectivity index (χ1v) is 9.57. The second-order valence-electron chi connectivity index (χ2n) is 4.20. The number of hydrogen-bond acceptors (Lipinski definition) is 5. The summed E-state index contributed by atoms with van der Waals surface area (Å²) in [6.07, 6.45) is -1.79. The Hall–Kier alpha value is -0.610. The minimum Gasteiger partial charge on any atom is -0.446 e. The van der Waals surface area contributed by atoms with E-state index < -0.39 is 48.0 Å². The molecule has 0 aromatic rings. The van der Waals surface area contributed by atoms with Gasteiger partial charge in [0.15, 0.2) is 6.16 Å². The Kier molecular flexibility index (Phi) is 8.36. The van der Waals surface area contributed by atoms with E-state index in [-0.39, 0.29) is 18.2 Å². The predicted molar refractivity (Wildman–Crippen MR) is 72.3 cm³/mol. The van der Waals surface area contributed by atoms with E-state index in [0.717, 1.165) is 0 Å². The molecule has 0 rings (SSSR count). The molecule has 11 heteroatoms. The summed E-state index contributed by atoms with van der Waals surface area (Å²) in [5, 5.41) is 0. The van der Waals surface area contributed by atoms with E-state index in [1.54, 1.807) is 0 Å². The lowest BCUT2D eigenvalue weighted by atomic mass is 10.1. The maximum Gasteiger partial charge on any atom is 0.509 e. The number of carbonyl (C=O) groups is 1. The van der Waals surface area contributed by atoms with Crippen LogP contribution in [0, 0.1) is 0 Å². The SMILES string of the molecule is C=C(C)C(=O)OC(CC[P+](=O)O)(C[P+](=O)O)C[P+](=O)O. The summed E-state index contributed by atoms with van der Waals surface area (Å²) in [7, 11) is -8.12. The summed E-state index contributed by atoms with van der Waals surface area (Å²) in [6.45, 7) is 4.69. The Bertz CT molecular complexity index is 430. The van der Waals surface area contributed by atoms with Gasteiger partial charge in [0.2, 0.25) is 17.9 Å². The summed E-state index contributed by atoms with van der Waals surface area (Å²) in [6, 6.07) is 0. The van der Waals surface area contributed by atoms with Crippen LogP contribution >= 0.6 is 24.1 Å². The highest BCUT2D eigenvalue weighted by molar-refractivity contribution is 7.39. The molecule has 0 saturated heterocycles. The maximum absolute atomic E-state index is 11.6. The molecule has 0 amide bonds. The lowest BCUT2D eigenvalue weighted by molar-refractivity contribution is -0.150. The molecule has 0 spiro atoms. The second kappa shape index (κ2) is 8.63. The molecule has 0 aromatic carbocycles. The van der Waals surface area contributed by atoms with Gasteiger partial charge < -0.3 is 4.74 Å². The fourth-order valence-corrected chi connectivity index (χ4v) is 3.83. The van der Waals surface area contributed by atoms with E-state index in [1.807, 2.05) is 0 Å². The van der Waals surface area contributed by atoms with Crippen LogP contribution in [0.4, 0.5) is 0 Å². The minimum absolute atomic E-state index is 0.00379. The van der Waals surface area contributed by atoms with Gasteiger partial charge in [-0.25, -0.2) is 4.79 Å². The first-order chi connectivity index (χ1) is 9.08. The molecule has 0 radical (unpaired) electrons. The monoisotopic (exact) mass is 345 g/mol. The van der Waals surface area contributed by atoms with Crippen LogP contribution in [0.1, 0.15) is 13.3 Å². The van der Waals surface area contributed by atoms with Crippen LogP contribution in [0.5, 0.6) is 0 Å². The molecular weight excluding hydrogens is 329 g/mol. The van der Waals surface area contributed by atoms with Gasteiger partial charge in [0.05, 0.1) is 0 Å². The maximum atomic E-state index is 11.6. The van der Waals surface area contributed by atoms with Crippen LogP contribution in [-0.4, -0.2) is 44.7 Å². The molecule has 20 heavy (non-hydrogen) atoms. The number of ether oxygens (including phenoxy) is 1. The Morgan fingerprint density at radius 2 is 1.55 bits per heavy atom. The van der Waals surface area contributed by atoms with Gasteiger partial charge in [-0.3, -0.25) is 0 Å². The molecule has 3 atom stereocenters. The van der Waals surface area contributed by atoms with E-state index in [1.165, 1.54) is 6.92 Å². The minimum atomic E-state index is -2.77. The van der Waals surface area contributed by atoms with Crippen molar-refractivity contribution in [3.63, 3.8) is 0 Å². The molecule has 0 aromatic heterocycles. The summed E-state index contributed by atoms with van der Waals surface area (Å²) in [5.74, 6) is -0.896. The molecule has 3 N–H and O–H groups in total. The molecule has 0 saturated carbocycles. The third kappa shape index (κ3) is 7.85. The molecular formula is C9H16O8P3+3. The largest absolute Gasteiger partial charge is 0.509 e. The number of esters is 1. The van der Waals surface area contributed by atoms with E-state index in [9.17, 15) is 18.5 Å². The molecule has 8 nitrogen and oxygen atoms in total. The first kappa shape index (κ1) is 19.4. The average Bonchev–Trinajstić information content (AvgIpc) is 2.24. The second-order valence-corrected chi connectivity index (χ2v) is 7.39. The van der Waals surface area contributed by atoms with Crippen LogP contribution < -0.4 is 0 Å². The normalized spacial score (nSPS) is 15.9. The third-order valence-corrected chi connectivity index (χ3v) is 4.56. The van der Waals surface area contributed by atoms with Gasteiger partial charge in [-0.1, -0.05) is 6.58 Å². The zero-order valence-corrected chi connectivity index (χ0v) is 13.4. The zero-order valence-electron chi connectivity index (χ0n) is 10.8. The van der Waals surface area contributed by atoms with E-state index in [0.29, 0.717) is 0 Å². The first-order valence-electron chi connectivity index (χ1n) is 5.37. The highest BCUT2D eigenvalue weighted by Gasteiger charge is 2.50. The van der Waals surface area contributed by atoms with Crippen molar-refractivity contribution < 1.29 is 37.9 Å². The summed E-state index contributed by atoms with van der Waals surface area (Å²) in [5.41, 5.74) is -1.74. The van der Waals surface area contributed by atoms with Crippen LogP contribution in [0.15, 0.2) is 12.2 Å². The fourth-order valence-electron chi connectivity index (χ4n) is 1.40. The van der Waals surface area contributed by atoms with Gasteiger partial charge in [0, 0.05) is 12.0 Å². The Balaban J connectivity index is 5.32. The van der Waals surface area contributed by atoms with Crippen LogP contribution in [0.3, 0.4) is 0 Å². The predicted octanol–water partition coefficient (Wildman–Crippen LogP) is 1.44. The van der Waals surface area contributed by atoms with Crippen LogP contribution in [0.25, 0.3) is 0 Å². The molecule has 0 aliphatic rings. The molecule has 0 heterocycles. The van der Waals surface area contributed by atoms with Crippen molar-refractivity contribution in [2.24, 2.45) is 0 Å². The van der Waals surface area contributed by atoms with Gasteiger partial charge in [-0.15, -0.1) is 0 Å². The van der Waals surface area contributed by atoms with E-state index >= 15 is 0 Å². The topological polar surface area (TPSA) is 138 Å². The smallest absolute Gasteiger partial charge is 0.446 e. The molecule has 112 valence electrons. The van der Waals surface area contributed by atoms with Crippen molar-refractivity contribution in [2.45, 2.75) is 18.9 Å². The van der Waals surface area contributed by atoms with Crippen LogP contribution in [0.2, 0.25) is 0 Å². The van der Waals surface area contributed by atoms with Crippen LogP contribution in [-0.2, 0) is 23.2 Å². The molecule has 0 aliphatic heterocycles. The number of rotatable bonds is 9. The van der Waals surface area contributed by atoms with Crippen molar-refractivity contribution in [1.29, 1.82) is 0 Å². The number of carbonyl (C=O) groups excluding carboxylic acids is 1. The number of hydrogen-bond donors (Lipinski definition) is 3. The summed E-state index contributed by atoms with van der Waals surface area (Å²) < 4.78 is 37.8. The molecule has 3 unspecified atom stereocenters. The lowest BCUT2D eigenvalue weighted by Gasteiger charge is -2.23. The highest BCUT2D eigenvalue weighted by atomic mass is 31.1. The van der Waals surface area contributed by atoms with Gasteiger partial charge >= 0.3 is 30.1 Å². The Morgan fingerprint density at radius 1 is 1.10 bits per heavy atom. The van der Waals surface area contributed by atoms with E-state index in [4.69, 9.17) is 19.4 Å². The van der Waals surface area contributed by atoms with Crippen molar-refractivity contribution in [3.8, 4) is 0 Å². The summed E-state index contributed by atoms with van der Waals surface area (Å²) in [4.78, 5) is 38.4. The van der Waals surface area contributed by atoms with Crippen molar-refractivity contribution >= 4 is 30.1 Å². The van der Waals surface area contributed by atoms with Crippen molar-refractivity contribution in [2.75, 3.05) is 18.5 Å². The van der Waals surface area contributed by atoms with Crippen molar-refractivity contribution in [3.05, 3.63) is 12.2 Å². The highest BCUT2D eigenvalue weighted by Crippen LogP contribution is 2.37. The fraction of sp³-hybridized carbons (Fsp3) is 0.667. The molecule has 0 aliphatic carbocycles. The van der Waals surface area contributed by atoms with E-state index in [2.05, 4.69) is 6.58 Å². The standard InChI is InChI=1S/C9H13O8P3/c1-7(2)8(10)17-9(5-19(13)14,6-20(15)16)3-4-18(11)12/h1,3-6H2,2H3/p+3. The Labute approximate surface area is 118 Å². The average molecular weight is 345 g/mol. The van der Waals surface area contributed by atoms with Gasteiger partial charge in [-0.2, -0.15) is 14.7 Å².